The Labute approximate surface area is 77.6 Å². The second-order valence-electron chi connectivity index (χ2n) is 2.63. The Hall–Kier alpha value is -0.930. The summed E-state index contributed by atoms with van der Waals surface area (Å²) in [5.41, 5.74) is 0. The van der Waals surface area contributed by atoms with Gasteiger partial charge in [-0.3, -0.25) is 4.57 Å². The van der Waals surface area contributed by atoms with Crippen LogP contribution in [0.3, 0.4) is 0 Å². The Bertz CT molecular complexity index is 209. The number of aromatic nitrogens is 2. The van der Waals surface area contributed by atoms with Gasteiger partial charge in [0.05, 0.1) is 0 Å². The molecule has 0 radical (unpaired) electrons. The molecule has 0 N–H and O–H groups in total. The first-order chi connectivity index (χ1) is 6.13. The number of nitrogens with zero attached hydrogens (tertiary/aromatic N) is 2. The van der Waals surface area contributed by atoms with Gasteiger partial charge in [0.1, 0.15) is 5.82 Å². The van der Waals surface area contributed by atoms with Crippen LogP contribution in [0.5, 0.6) is 0 Å². The van der Waals surface area contributed by atoms with E-state index < -0.39 is 6.55 Å². The molecular weight excluding hydrogens is 174 g/mol. The van der Waals surface area contributed by atoms with E-state index in [1.807, 2.05) is 27.7 Å². The largest absolute Gasteiger partial charge is 0.319 e. The molecule has 1 rings (SSSR count). The molecule has 1 aromatic rings. The van der Waals surface area contributed by atoms with Crippen LogP contribution in [-0.4, -0.2) is 9.55 Å². The predicted molar refractivity (Wildman–Crippen MR) is 48.9 cm³/mol. The third-order valence-electron chi connectivity index (χ3n) is 1.43. The zero-order valence-electron chi connectivity index (χ0n) is 8.46. The monoisotopic (exact) mass is 190 g/mol. The summed E-state index contributed by atoms with van der Waals surface area (Å²) in [4.78, 5) is 3.82. The fourth-order valence-corrected chi connectivity index (χ4v) is 0.937. The van der Waals surface area contributed by atoms with Gasteiger partial charge in [-0.15, -0.1) is 0 Å². The SMILES string of the molecule is CC.CC(C)c1nccn1C(F)F. The lowest BCUT2D eigenvalue weighted by Crippen LogP contribution is -2.04. The van der Waals surface area contributed by atoms with Gasteiger partial charge in [-0.2, -0.15) is 8.78 Å². The standard InChI is InChI=1S/C7H10F2N2.C2H6/c1-5(2)6-10-3-4-11(6)7(8)9;1-2/h3-5,7H,1-2H3;1-2H3. The molecule has 0 saturated carbocycles. The van der Waals surface area contributed by atoms with Crippen LogP contribution in [0.2, 0.25) is 0 Å². The van der Waals surface area contributed by atoms with Crippen molar-refractivity contribution in [3.05, 3.63) is 18.2 Å². The van der Waals surface area contributed by atoms with E-state index >= 15 is 0 Å². The summed E-state index contributed by atoms with van der Waals surface area (Å²) < 4.78 is 25.2. The van der Waals surface area contributed by atoms with E-state index in [-0.39, 0.29) is 5.92 Å². The Morgan fingerprint density at radius 1 is 1.31 bits per heavy atom. The maximum atomic E-state index is 12.1. The smallest absolute Gasteiger partial charge is 0.277 e. The fraction of sp³-hybridized carbons (Fsp3) is 0.667. The van der Waals surface area contributed by atoms with Gasteiger partial charge in [-0.05, 0) is 0 Å². The number of hydrogen-bond donors (Lipinski definition) is 0. The molecule has 0 spiro atoms. The molecule has 0 amide bonds. The van der Waals surface area contributed by atoms with Crippen LogP contribution in [0.1, 0.15) is 46.0 Å². The molecule has 0 atom stereocenters. The van der Waals surface area contributed by atoms with Crippen molar-refractivity contribution < 1.29 is 8.78 Å². The fourth-order valence-electron chi connectivity index (χ4n) is 0.937. The molecule has 76 valence electrons. The van der Waals surface area contributed by atoms with Gasteiger partial charge in [-0.25, -0.2) is 4.98 Å². The highest BCUT2D eigenvalue weighted by molar-refractivity contribution is 4.97. The number of halogens is 2. The van der Waals surface area contributed by atoms with Gasteiger partial charge in [0.15, 0.2) is 0 Å². The van der Waals surface area contributed by atoms with Crippen LogP contribution >= 0.6 is 0 Å². The van der Waals surface area contributed by atoms with E-state index in [0.717, 1.165) is 4.57 Å². The van der Waals surface area contributed by atoms with Crippen LogP contribution in [0.25, 0.3) is 0 Å². The molecule has 0 aliphatic carbocycles. The number of imidazole rings is 1. The quantitative estimate of drug-likeness (QED) is 0.698. The zero-order valence-corrected chi connectivity index (χ0v) is 8.46. The van der Waals surface area contributed by atoms with Gasteiger partial charge in [0.25, 0.3) is 0 Å². The Morgan fingerprint density at radius 2 is 1.85 bits per heavy atom. The molecule has 1 heterocycles. The van der Waals surface area contributed by atoms with E-state index in [1.54, 1.807) is 0 Å². The van der Waals surface area contributed by atoms with Crippen molar-refractivity contribution in [3.63, 3.8) is 0 Å². The molecule has 0 aliphatic rings. The average molecular weight is 190 g/mol. The lowest BCUT2D eigenvalue weighted by Gasteiger charge is -2.07. The Kier molecular flexibility index (Phi) is 5.26. The summed E-state index contributed by atoms with van der Waals surface area (Å²) in [5, 5.41) is 0. The number of hydrogen-bond acceptors (Lipinski definition) is 1. The highest BCUT2D eigenvalue weighted by Crippen LogP contribution is 2.18. The Morgan fingerprint density at radius 3 is 2.15 bits per heavy atom. The topological polar surface area (TPSA) is 17.8 Å². The predicted octanol–water partition coefficient (Wildman–Crippen LogP) is 3.43. The summed E-state index contributed by atoms with van der Waals surface area (Å²) in [5.74, 6) is 0.471. The molecule has 0 bridgehead atoms. The van der Waals surface area contributed by atoms with Crippen molar-refractivity contribution in [3.8, 4) is 0 Å². The molecule has 0 saturated heterocycles. The van der Waals surface area contributed by atoms with E-state index in [2.05, 4.69) is 4.98 Å². The first-order valence-corrected chi connectivity index (χ1v) is 4.43. The van der Waals surface area contributed by atoms with Crippen LogP contribution in [0.15, 0.2) is 12.4 Å². The molecule has 2 nitrogen and oxygen atoms in total. The van der Waals surface area contributed by atoms with Crippen molar-refractivity contribution in [2.45, 2.75) is 40.2 Å². The molecule has 0 aliphatic heterocycles. The third kappa shape index (κ3) is 3.13. The first kappa shape index (κ1) is 12.1. The minimum Gasteiger partial charge on any atom is -0.277 e. The average Bonchev–Trinajstić information content (AvgIpc) is 2.55. The molecule has 13 heavy (non-hydrogen) atoms. The molecule has 4 heteroatoms. The highest BCUT2D eigenvalue weighted by Gasteiger charge is 2.12. The Balaban J connectivity index is 0.000000671. The summed E-state index contributed by atoms with van der Waals surface area (Å²) >= 11 is 0. The van der Waals surface area contributed by atoms with Gasteiger partial charge < -0.3 is 0 Å². The van der Waals surface area contributed by atoms with Gasteiger partial charge >= 0.3 is 6.55 Å². The maximum absolute atomic E-state index is 12.1. The lowest BCUT2D eigenvalue weighted by atomic mass is 10.2. The second-order valence-corrected chi connectivity index (χ2v) is 2.63. The molecule has 0 unspecified atom stereocenters. The second kappa shape index (κ2) is 5.67. The van der Waals surface area contributed by atoms with Crippen LogP contribution in [0.4, 0.5) is 8.78 Å². The van der Waals surface area contributed by atoms with Crippen molar-refractivity contribution in [1.82, 2.24) is 9.55 Å². The molecular formula is C9H16F2N2. The third-order valence-corrected chi connectivity index (χ3v) is 1.43. The normalized spacial score (nSPS) is 10.2. The van der Waals surface area contributed by atoms with Gasteiger partial charge in [0, 0.05) is 18.3 Å². The minimum absolute atomic E-state index is 0.0407. The summed E-state index contributed by atoms with van der Waals surface area (Å²) in [6, 6.07) is 0. The van der Waals surface area contributed by atoms with E-state index in [4.69, 9.17) is 0 Å². The first-order valence-electron chi connectivity index (χ1n) is 4.43. The van der Waals surface area contributed by atoms with Gasteiger partial charge in [-0.1, -0.05) is 27.7 Å². The molecule has 1 aromatic heterocycles. The van der Waals surface area contributed by atoms with Crippen molar-refractivity contribution in [2.24, 2.45) is 0 Å². The number of rotatable bonds is 2. The van der Waals surface area contributed by atoms with Crippen LogP contribution in [-0.2, 0) is 0 Å². The zero-order chi connectivity index (χ0) is 10.4. The minimum atomic E-state index is -2.48. The number of alkyl halides is 2. The summed E-state index contributed by atoms with van der Waals surface area (Å²) in [6.45, 7) is 5.19. The molecule has 0 fully saturated rings. The molecule has 0 aromatic carbocycles. The van der Waals surface area contributed by atoms with E-state index in [0.29, 0.717) is 5.82 Å². The van der Waals surface area contributed by atoms with Crippen LogP contribution < -0.4 is 0 Å². The summed E-state index contributed by atoms with van der Waals surface area (Å²) in [6.07, 6.45) is 2.68. The van der Waals surface area contributed by atoms with Crippen LogP contribution in [0, 0.1) is 0 Å². The van der Waals surface area contributed by atoms with E-state index in [9.17, 15) is 8.78 Å². The lowest BCUT2D eigenvalue weighted by molar-refractivity contribution is 0.0662. The summed E-state index contributed by atoms with van der Waals surface area (Å²) in [7, 11) is 0. The van der Waals surface area contributed by atoms with Crippen molar-refractivity contribution >= 4 is 0 Å². The van der Waals surface area contributed by atoms with Crippen molar-refractivity contribution in [1.29, 1.82) is 0 Å². The van der Waals surface area contributed by atoms with Gasteiger partial charge in [0.2, 0.25) is 0 Å². The maximum Gasteiger partial charge on any atom is 0.319 e. The van der Waals surface area contributed by atoms with E-state index in [1.165, 1.54) is 12.4 Å². The highest BCUT2D eigenvalue weighted by atomic mass is 19.3. The van der Waals surface area contributed by atoms with Crippen molar-refractivity contribution in [2.75, 3.05) is 0 Å².